The molecule has 102 valence electrons. The van der Waals surface area contributed by atoms with Gasteiger partial charge >= 0.3 is 0 Å². The highest BCUT2D eigenvalue weighted by molar-refractivity contribution is 4.72. The summed E-state index contributed by atoms with van der Waals surface area (Å²) in [5, 5.41) is 3.47. The molecule has 1 unspecified atom stereocenters. The van der Waals surface area contributed by atoms with Crippen molar-refractivity contribution in [1.82, 2.24) is 10.2 Å². The fraction of sp³-hybridized carbons (Fsp3) is 1.00. The average molecular weight is 242 g/mol. The lowest BCUT2D eigenvalue weighted by atomic mass is 10.1. The van der Waals surface area contributed by atoms with E-state index in [4.69, 9.17) is 4.74 Å². The summed E-state index contributed by atoms with van der Waals surface area (Å²) in [6.07, 6.45) is 4.44. The first kappa shape index (κ1) is 14.9. The van der Waals surface area contributed by atoms with E-state index in [1.165, 1.54) is 32.4 Å². The highest BCUT2D eigenvalue weighted by atomic mass is 16.5. The van der Waals surface area contributed by atoms with Crippen LogP contribution < -0.4 is 5.32 Å². The van der Waals surface area contributed by atoms with Crippen molar-refractivity contribution >= 4 is 0 Å². The maximum absolute atomic E-state index is 5.84. The van der Waals surface area contributed by atoms with E-state index in [0.29, 0.717) is 6.10 Å². The lowest BCUT2D eigenvalue weighted by Crippen LogP contribution is -2.41. The molecule has 0 radical (unpaired) electrons. The van der Waals surface area contributed by atoms with Crippen molar-refractivity contribution < 1.29 is 4.74 Å². The minimum absolute atomic E-state index is 0.185. The van der Waals surface area contributed by atoms with Crippen molar-refractivity contribution in [2.75, 3.05) is 32.8 Å². The van der Waals surface area contributed by atoms with Gasteiger partial charge in [0.15, 0.2) is 0 Å². The van der Waals surface area contributed by atoms with Crippen LogP contribution in [0.5, 0.6) is 0 Å². The summed E-state index contributed by atoms with van der Waals surface area (Å²) in [6.45, 7) is 14.1. The highest BCUT2D eigenvalue weighted by Gasteiger charge is 2.12. The number of rotatable bonds is 6. The van der Waals surface area contributed by atoms with Crippen LogP contribution in [0.25, 0.3) is 0 Å². The molecule has 1 aliphatic heterocycles. The van der Waals surface area contributed by atoms with Crippen LogP contribution in [0.2, 0.25) is 0 Å². The third kappa shape index (κ3) is 7.74. The molecule has 0 amide bonds. The molecule has 1 saturated heterocycles. The van der Waals surface area contributed by atoms with E-state index in [-0.39, 0.29) is 5.54 Å². The van der Waals surface area contributed by atoms with Crippen molar-refractivity contribution in [2.45, 2.75) is 58.6 Å². The second-order valence-electron chi connectivity index (χ2n) is 6.21. The Bertz CT molecular complexity index is 195. The molecule has 0 aliphatic carbocycles. The monoisotopic (exact) mass is 242 g/mol. The molecule has 0 saturated carbocycles. The van der Waals surface area contributed by atoms with Gasteiger partial charge in [-0.3, -0.25) is 0 Å². The fourth-order valence-electron chi connectivity index (χ4n) is 2.07. The third-order valence-electron chi connectivity index (χ3n) is 3.18. The summed E-state index contributed by atoms with van der Waals surface area (Å²) < 4.78 is 5.84. The van der Waals surface area contributed by atoms with E-state index in [1.807, 2.05) is 0 Å². The van der Waals surface area contributed by atoms with Crippen LogP contribution in [0.3, 0.4) is 0 Å². The van der Waals surface area contributed by atoms with Crippen LogP contribution in [0.1, 0.15) is 47.0 Å². The zero-order valence-electron chi connectivity index (χ0n) is 12.1. The summed E-state index contributed by atoms with van der Waals surface area (Å²) in [5.74, 6) is 0. The van der Waals surface area contributed by atoms with Crippen LogP contribution in [0, 0.1) is 0 Å². The Kier molecular flexibility index (Phi) is 6.45. The Morgan fingerprint density at radius 3 is 2.41 bits per heavy atom. The summed E-state index contributed by atoms with van der Waals surface area (Å²) in [6, 6.07) is 0. The lowest BCUT2D eigenvalue weighted by Gasteiger charge is -2.27. The number of ether oxygens (including phenoxy) is 1. The number of nitrogens with zero attached hydrogens (tertiary/aromatic N) is 1. The van der Waals surface area contributed by atoms with Gasteiger partial charge in [0, 0.05) is 18.6 Å². The second-order valence-corrected chi connectivity index (χ2v) is 6.21. The SMILES string of the molecule is CC(CNC(C)(C)C)OCCN1CCCCC1. The lowest BCUT2D eigenvalue weighted by molar-refractivity contribution is 0.0418. The van der Waals surface area contributed by atoms with Gasteiger partial charge in [-0.1, -0.05) is 6.42 Å². The van der Waals surface area contributed by atoms with E-state index in [2.05, 4.69) is 37.9 Å². The minimum atomic E-state index is 0.185. The van der Waals surface area contributed by atoms with Gasteiger partial charge in [-0.2, -0.15) is 0 Å². The van der Waals surface area contributed by atoms with Gasteiger partial charge in [0.05, 0.1) is 12.7 Å². The number of likely N-dealkylation sites (tertiary alicyclic amines) is 1. The van der Waals surface area contributed by atoms with Crippen LogP contribution in [0.15, 0.2) is 0 Å². The summed E-state index contributed by atoms with van der Waals surface area (Å²) in [4.78, 5) is 2.52. The Morgan fingerprint density at radius 2 is 1.82 bits per heavy atom. The van der Waals surface area contributed by atoms with E-state index in [9.17, 15) is 0 Å². The molecule has 1 N–H and O–H groups in total. The second kappa shape index (κ2) is 7.34. The molecule has 1 atom stereocenters. The van der Waals surface area contributed by atoms with Crippen LogP contribution >= 0.6 is 0 Å². The van der Waals surface area contributed by atoms with Crippen molar-refractivity contribution in [3.05, 3.63) is 0 Å². The van der Waals surface area contributed by atoms with Crippen LogP contribution in [0.4, 0.5) is 0 Å². The first-order valence-corrected chi connectivity index (χ1v) is 7.06. The van der Waals surface area contributed by atoms with Crippen LogP contribution in [-0.2, 0) is 4.74 Å². The predicted molar refractivity (Wildman–Crippen MR) is 73.5 cm³/mol. The molecule has 3 heteroatoms. The predicted octanol–water partition coefficient (Wildman–Crippen LogP) is 2.27. The topological polar surface area (TPSA) is 24.5 Å². The van der Waals surface area contributed by atoms with E-state index < -0.39 is 0 Å². The molecule has 0 bridgehead atoms. The largest absolute Gasteiger partial charge is 0.376 e. The summed E-state index contributed by atoms with van der Waals surface area (Å²) in [5.41, 5.74) is 0.185. The van der Waals surface area contributed by atoms with Gasteiger partial charge in [0.2, 0.25) is 0 Å². The number of nitrogens with one attached hydrogen (secondary N) is 1. The van der Waals surface area contributed by atoms with Gasteiger partial charge in [-0.25, -0.2) is 0 Å². The molecule has 0 aromatic rings. The molecule has 1 aliphatic rings. The summed E-state index contributed by atoms with van der Waals surface area (Å²) in [7, 11) is 0. The van der Waals surface area contributed by atoms with Gasteiger partial charge < -0.3 is 15.0 Å². The quantitative estimate of drug-likeness (QED) is 0.773. The van der Waals surface area contributed by atoms with Crippen molar-refractivity contribution in [1.29, 1.82) is 0 Å². The van der Waals surface area contributed by atoms with E-state index in [0.717, 1.165) is 19.7 Å². The Hall–Kier alpha value is -0.120. The molecule has 1 rings (SSSR count). The third-order valence-corrected chi connectivity index (χ3v) is 3.18. The van der Waals surface area contributed by atoms with Crippen molar-refractivity contribution in [3.63, 3.8) is 0 Å². The summed E-state index contributed by atoms with van der Waals surface area (Å²) >= 11 is 0. The molecule has 3 nitrogen and oxygen atoms in total. The van der Waals surface area contributed by atoms with Gasteiger partial charge in [0.1, 0.15) is 0 Å². The molecule has 1 fully saturated rings. The number of hydrogen-bond acceptors (Lipinski definition) is 3. The Morgan fingerprint density at radius 1 is 1.18 bits per heavy atom. The molecule has 0 aromatic heterocycles. The standard InChI is InChI=1S/C14H30N2O/c1-13(12-15-14(2,3)4)17-11-10-16-8-6-5-7-9-16/h13,15H,5-12H2,1-4H3. The molecular formula is C14H30N2O. The molecule has 0 aromatic carbocycles. The van der Waals surface area contributed by atoms with Gasteiger partial charge in [-0.15, -0.1) is 0 Å². The highest BCUT2D eigenvalue weighted by Crippen LogP contribution is 2.08. The van der Waals surface area contributed by atoms with Crippen molar-refractivity contribution in [2.24, 2.45) is 0 Å². The van der Waals surface area contributed by atoms with Gasteiger partial charge in [-0.05, 0) is 53.6 Å². The Labute approximate surface area is 107 Å². The average Bonchev–Trinajstić information content (AvgIpc) is 2.27. The first-order chi connectivity index (χ1) is 7.97. The van der Waals surface area contributed by atoms with Crippen molar-refractivity contribution in [3.8, 4) is 0 Å². The number of hydrogen-bond donors (Lipinski definition) is 1. The number of piperidine rings is 1. The normalized spacial score (nSPS) is 20.5. The van der Waals surface area contributed by atoms with Gasteiger partial charge in [0.25, 0.3) is 0 Å². The fourth-order valence-corrected chi connectivity index (χ4v) is 2.07. The maximum atomic E-state index is 5.84. The minimum Gasteiger partial charge on any atom is -0.376 e. The molecule has 0 spiro atoms. The zero-order chi connectivity index (χ0) is 12.7. The molecule has 1 heterocycles. The van der Waals surface area contributed by atoms with Crippen LogP contribution in [-0.4, -0.2) is 49.3 Å². The smallest absolute Gasteiger partial charge is 0.0672 e. The van der Waals surface area contributed by atoms with E-state index >= 15 is 0 Å². The first-order valence-electron chi connectivity index (χ1n) is 7.06. The Balaban J connectivity index is 2.01. The maximum Gasteiger partial charge on any atom is 0.0672 e. The molecule has 17 heavy (non-hydrogen) atoms. The molecular weight excluding hydrogens is 212 g/mol. The zero-order valence-corrected chi connectivity index (χ0v) is 12.1. The van der Waals surface area contributed by atoms with E-state index in [1.54, 1.807) is 0 Å².